The van der Waals surface area contributed by atoms with Crippen molar-refractivity contribution in [3.63, 3.8) is 0 Å². The lowest BCUT2D eigenvalue weighted by Crippen LogP contribution is -2.29. The maximum Gasteiger partial charge on any atom is 0.257 e. The number of anilines is 2. The molecule has 0 radical (unpaired) electrons. The van der Waals surface area contributed by atoms with Crippen LogP contribution < -0.4 is 26.8 Å². The average Bonchev–Trinajstić information content (AvgIpc) is 2.88. The van der Waals surface area contributed by atoms with Gasteiger partial charge in [-0.1, -0.05) is 24.1 Å². The number of rotatable bonds is 14. The van der Waals surface area contributed by atoms with Gasteiger partial charge in [0.1, 0.15) is 11.6 Å². The number of allylic oxidation sites excluding steroid dienone is 3. The number of halogens is 1. The van der Waals surface area contributed by atoms with Crippen LogP contribution in [0.5, 0.6) is 5.75 Å². The van der Waals surface area contributed by atoms with Gasteiger partial charge >= 0.3 is 0 Å². The number of amides is 1. The van der Waals surface area contributed by atoms with E-state index in [4.69, 9.17) is 33.2 Å². The number of nitrogens with zero attached hydrogens (tertiary/aromatic N) is 1. The first-order valence-corrected chi connectivity index (χ1v) is 12.3. The minimum absolute atomic E-state index is 0.0556. The predicted molar refractivity (Wildman–Crippen MR) is 149 cm³/mol. The molecule has 2 rings (SSSR count). The molecule has 0 atom stereocenters. The van der Waals surface area contributed by atoms with E-state index in [-0.39, 0.29) is 12.5 Å². The molecular weight excluding hydrogens is 476 g/mol. The molecule has 2 aromatic rings. The molecule has 2 aromatic carbocycles. The van der Waals surface area contributed by atoms with Gasteiger partial charge in [0, 0.05) is 43.8 Å². The Morgan fingerprint density at radius 1 is 1.14 bits per heavy atom. The molecule has 0 aromatic heterocycles. The zero-order chi connectivity index (χ0) is 26.3. The van der Waals surface area contributed by atoms with E-state index in [2.05, 4.69) is 10.6 Å². The first-order valence-electron chi connectivity index (χ1n) is 11.9. The number of amidine groups is 1. The summed E-state index contributed by atoms with van der Waals surface area (Å²) in [5.41, 5.74) is 14.5. The first kappa shape index (κ1) is 28.7. The van der Waals surface area contributed by atoms with Crippen molar-refractivity contribution in [1.82, 2.24) is 10.2 Å². The molecule has 194 valence electrons. The summed E-state index contributed by atoms with van der Waals surface area (Å²) in [6.07, 6.45) is 8.40. The number of carbonyl (C=O) groups is 1. The highest BCUT2D eigenvalue weighted by Crippen LogP contribution is 2.27. The van der Waals surface area contributed by atoms with Crippen LogP contribution in [0.15, 0.2) is 65.8 Å². The molecule has 7 N–H and O–H groups in total. The lowest BCUT2D eigenvalue weighted by Gasteiger charge is -2.16. The van der Waals surface area contributed by atoms with Crippen molar-refractivity contribution in [2.75, 3.05) is 39.1 Å². The fourth-order valence-corrected chi connectivity index (χ4v) is 3.39. The highest BCUT2D eigenvalue weighted by atomic mass is 35.5. The maximum atomic E-state index is 12.1. The normalized spacial score (nSPS) is 11.4. The molecule has 0 aliphatic heterocycles. The van der Waals surface area contributed by atoms with Crippen LogP contribution in [0, 0.1) is 5.41 Å². The molecule has 0 aliphatic carbocycles. The van der Waals surface area contributed by atoms with Crippen molar-refractivity contribution < 1.29 is 9.53 Å². The summed E-state index contributed by atoms with van der Waals surface area (Å²) in [7, 11) is 3.69. The average molecular weight is 513 g/mol. The molecule has 0 heterocycles. The number of hydrogen-bond acceptors (Lipinski definition) is 6. The summed E-state index contributed by atoms with van der Waals surface area (Å²) in [5.74, 6) is 0.880. The van der Waals surface area contributed by atoms with E-state index in [0.717, 1.165) is 41.8 Å². The largest absolute Gasteiger partial charge is 0.484 e. The fourth-order valence-electron chi connectivity index (χ4n) is 3.30. The third-order valence-corrected chi connectivity index (χ3v) is 5.56. The van der Waals surface area contributed by atoms with E-state index in [9.17, 15) is 4.79 Å². The zero-order valence-corrected chi connectivity index (χ0v) is 21.8. The van der Waals surface area contributed by atoms with Crippen LogP contribution in [0.1, 0.15) is 30.4 Å². The number of benzene rings is 2. The highest BCUT2D eigenvalue weighted by molar-refractivity contribution is 6.31. The summed E-state index contributed by atoms with van der Waals surface area (Å²) in [6.45, 7) is 1.23. The highest BCUT2D eigenvalue weighted by Gasteiger charge is 2.08. The number of nitrogens with two attached hydrogens (primary N) is 2. The smallest absolute Gasteiger partial charge is 0.257 e. The molecule has 0 saturated heterocycles. The van der Waals surface area contributed by atoms with Gasteiger partial charge in [-0.05, 0) is 79.9 Å². The van der Waals surface area contributed by atoms with Crippen molar-refractivity contribution in [2.45, 2.75) is 25.7 Å². The molecule has 8 nitrogen and oxygen atoms in total. The van der Waals surface area contributed by atoms with Gasteiger partial charge in [0.2, 0.25) is 0 Å². The standard InChI is InChI=1S/C27H37ClN6O2/c1-34(2)27(31)20-9-11-23(12-10-20)33-25-14-13-24(17-21(25)7-6-8-22(28)18-30)36-19-26(35)32-16-5-3-4-15-29/h6,8-14,17-18,31,33H,3-5,7,15-16,19,29-30H2,1-2H3,(H,32,35)/b8-6-,22-18+,31-27?. The molecule has 9 heteroatoms. The van der Waals surface area contributed by atoms with Crippen LogP contribution in [0.3, 0.4) is 0 Å². The second-order valence-corrected chi connectivity index (χ2v) is 8.85. The van der Waals surface area contributed by atoms with E-state index < -0.39 is 0 Å². The number of carbonyl (C=O) groups excluding carboxylic acids is 1. The lowest BCUT2D eigenvalue weighted by atomic mass is 10.1. The van der Waals surface area contributed by atoms with Crippen molar-refractivity contribution in [3.8, 4) is 5.75 Å². The Morgan fingerprint density at radius 3 is 2.56 bits per heavy atom. The topological polar surface area (TPSA) is 129 Å². The zero-order valence-electron chi connectivity index (χ0n) is 21.0. The number of hydrogen-bond donors (Lipinski definition) is 5. The summed E-state index contributed by atoms with van der Waals surface area (Å²) in [6, 6.07) is 13.3. The van der Waals surface area contributed by atoms with Crippen LogP contribution >= 0.6 is 11.6 Å². The molecule has 0 bridgehead atoms. The quantitative estimate of drug-likeness (QED) is 0.112. The van der Waals surface area contributed by atoms with Gasteiger partial charge in [0.15, 0.2) is 6.61 Å². The Kier molecular flexibility index (Phi) is 12.4. The van der Waals surface area contributed by atoms with Gasteiger partial charge in [0.25, 0.3) is 5.91 Å². The third kappa shape index (κ3) is 10.0. The van der Waals surface area contributed by atoms with Crippen molar-refractivity contribution in [2.24, 2.45) is 11.5 Å². The van der Waals surface area contributed by atoms with Crippen LogP contribution in [-0.4, -0.2) is 50.4 Å². The molecule has 0 fully saturated rings. The van der Waals surface area contributed by atoms with Crippen LogP contribution in [0.25, 0.3) is 0 Å². The van der Waals surface area contributed by atoms with E-state index >= 15 is 0 Å². The van der Waals surface area contributed by atoms with Crippen molar-refractivity contribution >= 4 is 34.7 Å². The molecule has 0 aliphatic rings. The van der Waals surface area contributed by atoms with E-state index in [0.29, 0.717) is 36.1 Å². The van der Waals surface area contributed by atoms with Crippen LogP contribution in [0.2, 0.25) is 0 Å². The van der Waals surface area contributed by atoms with Gasteiger partial charge in [-0.15, -0.1) is 0 Å². The van der Waals surface area contributed by atoms with E-state index in [1.807, 2.05) is 62.6 Å². The Morgan fingerprint density at radius 2 is 1.89 bits per heavy atom. The number of unbranched alkanes of at least 4 members (excludes halogenated alkanes) is 2. The summed E-state index contributed by atoms with van der Waals surface area (Å²) < 4.78 is 5.74. The summed E-state index contributed by atoms with van der Waals surface area (Å²) in [5, 5.41) is 14.9. The third-order valence-electron chi connectivity index (χ3n) is 5.31. The molecule has 0 saturated carbocycles. The monoisotopic (exact) mass is 512 g/mol. The Bertz CT molecular complexity index is 1050. The summed E-state index contributed by atoms with van der Waals surface area (Å²) in [4.78, 5) is 13.9. The Balaban J connectivity index is 2.09. The minimum Gasteiger partial charge on any atom is -0.484 e. The van der Waals surface area contributed by atoms with Gasteiger partial charge in [0.05, 0.1) is 5.03 Å². The van der Waals surface area contributed by atoms with Gasteiger partial charge in [-0.3, -0.25) is 10.2 Å². The van der Waals surface area contributed by atoms with Crippen LogP contribution in [-0.2, 0) is 11.2 Å². The van der Waals surface area contributed by atoms with E-state index in [1.165, 1.54) is 6.20 Å². The second kappa shape index (κ2) is 15.5. The van der Waals surface area contributed by atoms with Gasteiger partial charge < -0.3 is 31.7 Å². The summed E-state index contributed by atoms with van der Waals surface area (Å²) >= 11 is 5.99. The second-order valence-electron chi connectivity index (χ2n) is 8.41. The SMILES string of the molecule is CN(C)C(=N)c1ccc(Nc2ccc(OCC(=O)NCCCCCN)cc2C/C=C\C(Cl)=C/N)cc1. The van der Waals surface area contributed by atoms with E-state index in [1.54, 1.807) is 11.0 Å². The van der Waals surface area contributed by atoms with Gasteiger partial charge in [-0.25, -0.2) is 0 Å². The number of ether oxygens (including phenoxy) is 1. The minimum atomic E-state index is -0.158. The lowest BCUT2D eigenvalue weighted by molar-refractivity contribution is -0.123. The Labute approximate surface area is 218 Å². The molecular formula is C27H37ClN6O2. The predicted octanol–water partition coefficient (Wildman–Crippen LogP) is 4.08. The fraction of sp³-hybridized carbons (Fsp3) is 0.333. The molecule has 1 amide bonds. The van der Waals surface area contributed by atoms with Crippen molar-refractivity contribution in [1.29, 1.82) is 5.41 Å². The van der Waals surface area contributed by atoms with Crippen molar-refractivity contribution in [3.05, 3.63) is 77.0 Å². The molecule has 0 unspecified atom stereocenters. The molecule has 36 heavy (non-hydrogen) atoms. The first-order chi connectivity index (χ1) is 17.3. The number of nitrogens with one attached hydrogen (secondary N) is 3. The molecule has 0 spiro atoms. The van der Waals surface area contributed by atoms with Gasteiger partial charge in [-0.2, -0.15) is 0 Å². The van der Waals surface area contributed by atoms with Crippen LogP contribution in [0.4, 0.5) is 11.4 Å². The Hall–Kier alpha value is -3.49. The maximum absolute atomic E-state index is 12.1.